The van der Waals surface area contributed by atoms with E-state index in [2.05, 4.69) is 10.6 Å². The first-order valence-corrected chi connectivity index (χ1v) is 13.6. The number of hydrogen-bond acceptors (Lipinski definition) is 7. The largest absolute Gasteiger partial charge is 0.508 e. The molecule has 1 heterocycles. The zero-order chi connectivity index (χ0) is 26.8. The number of likely N-dealkylation sites (tertiary alicyclic amines) is 1. The molecule has 11 heteroatoms. The van der Waals surface area contributed by atoms with Crippen LogP contribution in [0.5, 0.6) is 5.75 Å². The van der Waals surface area contributed by atoms with E-state index in [9.17, 15) is 29.4 Å². The number of phenolic OH excluding ortho intramolecular Hbond substituents is 1. The third-order valence-corrected chi connectivity index (χ3v) is 6.76. The third kappa shape index (κ3) is 8.70. The number of benzene rings is 1. The van der Waals surface area contributed by atoms with Gasteiger partial charge in [-0.15, -0.1) is 0 Å². The maximum atomic E-state index is 13.3. The maximum Gasteiger partial charge on any atom is 0.326 e. The van der Waals surface area contributed by atoms with E-state index < -0.39 is 42.0 Å². The van der Waals surface area contributed by atoms with Crippen LogP contribution >= 0.6 is 11.8 Å². The zero-order valence-electron chi connectivity index (χ0n) is 21.1. The molecule has 6 N–H and O–H groups in total. The second-order valence-electron chi connectivity index (χ2n) is 9.54. The molecule has 1 aliphatic heterocycles. The summed E-state index contributed by atoms with van der Waals surface area (Å²) in [7, 11) is 0. The number of phenols is 1. The van der Waals surface area contributed by atoms with Crippen molar-refractivity contribution in [2.24, 2.45) is 11.7 Å². The number of rotatable bonds is 13. The quantitative estimate of drug-likeness (QED) is 0.257. The molecule has 200 valence electrons. The Hall–Kier alpha value is -2.79. The molecular weight excluding hydrogens is 484 g/mol. The summed E-state index contributed by atoms with van der Waals surface area (Å²) >= 11 is 1.47. The Bertz CT molecular complexity index is 910. The Morgan fingerprint density at radius 2 is 1.81 bits per heavy atom. The Kier molecular flexibility index (Phi) is 11.5. The Morgan fingerprint density at radius 3 is 2.39 bits per heavy atom. The summed E-state index contributed by atoms with van der Waals surface area (Å²) in [4.78, 5) is 52.5. The molecule has 4 unspecified atom stereocenters. The van der Waals surface area contributed by atoms with Gasteiger partial charge in [0.05, 0.1) is 6.04 Å². The molecule has 0 aliphatic carbocycles. The van der Waals surface area contributed by atoms with E-state index >= 15 is 0 Å². The highest BCUT2D eigenvalue weighted by atomic mass is 32.2. The van der Waals surface area contributed by atoms with Crippen LogP contribution in [0.15, 0.2) is 24.3 Å². The number of carboxylic acids is 1. The summed E-state index contributed by atoms with van der Waals surface area (Å²) in [6.07, 6.45) is 3.76. The lowest BCUT2D eigenvalue weighted by atomic mass is 10.0. The van der Waals surface area contributed by atoms with Crippen LogP contribution < -0.4 is 16.4 Å². The van der Waals surface area contributed by atoms with Crippen LogP contribution in [0.3, 0.4) is 0 Å². The monoisotopic (exact) mass is 522 g/mol. The number of thioether (sulfide) groups is 1. The second-order valence-corrected chi connectivity index (χ2v) is 10.5. The highest BCUT2D eigenvalue weighted by molar-refractivity contribution is 7.98. The highest BCUT2D eigenvalue weighted by Gasteiger charge is 2.38. The van der Waals surface area contributed by atoms with Crippen LogP contribution in [-0.2, 0) is 25.6 Å². The molecule has 0 spiro atoms. The number of nitrogens with two attached hydrogens (primary N) is 1. The fourth-order valence-corrected chi connectivity index (χ4v) is 4.71. The fraction of sp³-hybridized carbons (Fsp3) is 0.600. The smallest absolute Gasteiger partial charge is 0.326 e. The summed E-state index contributed by atoms with van der Waals surface area (Å²) in [6.45, 7) is 4.35. The molecule has 4 atom stereocenters. The maximum absolute atomic E-state index is 13.3. The number of hydrogen-bond donors (Lipinski definition) is 5. The van der Waals surface area contributed by atoms with E-state index in [1.54, 1.807) is 12.1 Å². The molecule has 0 radical (unpaired) electrons. The van der Waals surface area contributed by atoms with Gasteiger partial charge in [0.25, 0.3) is 0 Å². The third-order valence-electron chi connectivity index (χ3n) is 6.12. The van der Waals surface area contributed by atoms with E-state index in [-0.39, 0.29) is 30.4 Å². The number of aromatic hydroxyl groups is 1. The molecule has 2 rings (SSSR count). The van der Waals surface area contributed by atoms with E-state index in [1.165, 1.54) is 28.8 Å². The molecule has 1 aliphatic rings. The second kappa shape index (κ2) is 14.1. The molecule has 0 bridgehead atoms. The van der Waals surface area contributed by atoms with Crippen molar-refractivity contribution in [2.75, 3.05) is 18.6 Å². The first-order valence-electron chi connectivity index (χ1n) is 12.2. The molecule has 1 aromatic carbocycles. The van der Waals surface area contributed by atoms with Crippen LogP contribution in [-0.4, -0.2) is 81.5 Å². The Labute approximate surface area is 216 Å². The van der Waals surface area contributed by atoms with Crippen molar-refractivity contribution < 1.29 is 29.4 Å². The summed E-state index contributed by atoms with van der Waals surface area (Å²) in [5, 5.41) is 24.4. The summed E-state index contributed by atoms with van der Waals surface area (Å²) in [5.74, 6) is -1.72. The van der Waals surface area contributed by atoms with Gasteiger partial charge in [-0.25, -0.2) is 4.79 Å². The van der Waals surface area contributed by atoms with Crippen LogP contribution in [0.25, 0.3) is 0 Å². The number of carboxylic acid groups (broad SMARTS) is 1. The van der Waals surface area contributed by atoms with Crippen molar-refractivity contribution >= 4 is 35.5 Å². The fourth-order valence-electron chi connectivity index (χ4n) is 4.24. The van der Waals surface area contributed by atoms with Crippen LogP contribution in [0.2, 0.25) is 0 Å². The minimum absolute atomic E-state index is 0.0599. The molecule has 1 saturated heterocycles. The normalized spacial score (nSPS) is 17.9. The molecule has 1 aromatic rings. The minimum atomic E-state index is -1.15. The topological polar surface area (TPSA) is 162 Å². The van der Waals surface area contributed by atoms with Crippen LogP contribution in [0.1, 0.15) is 45.1 Å². The lowest BCUT2D eigenvalue weighted by molar-refractivity contribution is -0.143. The molecule has 10 nitrogen and oxygen atoms in total. The minimum Gasteiger partial charge on any atom is -0.508 e. The van der Waals surface area contributed by atoms with Gasteiger partial charge in [0.2, 0.25) is 17.7 Å². The van der Waals surface area contributed by atoms with E-state index in [4.69, 9.17) is 5.73 Å². The van der Waals surface area contributed by atoms with Gasteiger partial charge in [-0.05, 0) is 61.3 Å². The number of aliphatic carboxylic acids is 1. The standard InChI is InChI=1S/C25H38N4O6S/c1-15(2)13-18(26)24(33)29-11-4-5-21(29)23(32)28-20(14-16-6-8-17(30)9-7-16)22(31)27-19(25(34)35)10-12-36-3/h6-9,15,18-21,30H,4-5,10-14,26H2,1-3H3,(H,27,31)(H,28,32)(H,34,35). The predicted octanol–water partition coefficient (Wildman–Crippen LogP) is 1.11. The van der Waals surface area contributed by atoms with Gasteiger partial charge in [0, 0.05) is 13.0 Å². The highest BCUT2D eigenvalue weighted by Crippen LogP contribution is 2.20. The van der Waals surface area contributed by atoms with Gasteiger partial charge in [-0.1, -0.05) is 26.0 Å². The Balaban J connectivity index is 2.19. The van der Waals surface area contributed by atoms with Gasteiger partial charge >= 0.3 is 5.97 Å². The molecule has 1 fully saturated rings. The van der Waals surface area contributed by atoms with E-state index in [0.29, 0.717) is 37.1 Å². The molecule has 0 saturated carbocycles. The van der Waals surface area contributed by atoms with E-state index in [1.807, 2.05) is 20.1 Å². The molecular formula is C25H38N4O6S. The first-order chi connectivity index (χ1) is 17.0. The summed E-state index contributed by atoms with van der Waals surface area (Å²) < 4.78 is 0. The van der Waals surface area contributed by atoms with Gasteiger partial charge < -0.3 is 31.5 Å². The SMILES string of the molecule is CSCCC(NC(=O)C(Cc1ccc(O)cc1)NC(=O)C1CCCN1C(=O)C(N)CC(C)C)C(=O)O. The molecule has 3 amide bonds. The molecule has 0 aromatic heterocycles. The van der Waals surface area contributed by atoms with Gasteiger partial charge in [-0.3, -0.25) is 14.4 Å². The number of nitrogens with zero attached hydrogens (tertiary/aromatic N) is 1. The predicted molar refractivity (Wildman–Crippen MR) is 138 cm³/mol. The van der Waals surface area contributed by atoms with Gasteiger partial charge in [0.1, 0.15) is 23.9 Å². The van der Waals surface area contributed by atoms with Gasteiger partial charge in [0.15, 0.2) is 0 Å². The zero-order valence-corrected chi connectivity index (χ0v) is 21.9. The van der Waals surface area contributed by atoms with Gasteiger partial charge in [-0.2, -0.15) is 11.8 Å². The average molecular weight is 523 g/mol. The first kappa shape index (κ1) is 29.4. The van der Waals surface area contributed by atoms with Crippen molar-refractivity contribution in [1.29, 1.82) is 0 Å². The van der Waals surface area contributed by atoms with Crippen molar-refractivity contribution in [3.8, 4) is 5.75 Å². The lowest BCUT2D eigenvalue weighted by Gasteiger charge is -2.29. The lowest BCUT2D eigenvalue weighted by Crippen LogP contribution is -2.57. The summed E-state index contributed by atoms with van der Waals surface area (Å²) in [5.41, 5.74) is 6.75. The van der Waals surface area contributed by atoms with Crippen molar-refractivity contribution in [1.82, 2.24) is 15.5 Å². The number of carbonyl (C=O) groups is 4. The Morgan fingerprint density at radius 1 is 1.14 bits per heavy atom. The van der Waals surface area contributed by atoms with Crippen molar-refractivity contribution in [2.45, 2.75) is 70.1 Å². The van der Waals surface area contributed by atoms with Crippen molar-refractivity contribution in [3.63, 3.8) is 0 Å². The van der Waals surface area contributed by atoms with Crippen LogP contribution in [0, 0.1) is 5.92 Å². The van der Waals surface area contributed by atoms with Crippen molar-refractivity contribution in [3.05, 3.63) is 29.8 Å². The number of nitrogens with one attached hydrogen (secondary N) is 2. The van der Waals surface area contributed by atoms with Crippen LogP contribution in [0.4, 0.5) is 0 Å². The summed E-state index contributed by atoms with van der Waals surface area (Å²) in [6, 6.07) is 2.57. The molecule has 36 heavy (non-hydrogen) atoms. The number of carbonyl (C=O) groups excluding carboxylic acids is 3. The number of amides is 3. The van der Waals surface area contributed by atoms with E-state index in [0.717, 1.165) is 0 Å². The average Bonchev–Trinajstić information content (AvgIpc) is 3.31.